The minimum Gasteiger partial charge on any atom is -0.457 e. The van der Waals surface area contributed by atoms with Crippen LogP contribution in [0.1, 0.15) is 4.88 Å². The lowest BCUT2D eigenvalue weighted by Gasteiger charge is -2.10. The van der Waals surface area contributed by atoms with Gasteiger partial charge in [-0.25, -0.2) is 9.97 Å². The smallest absolute Gasteiger partial charge is 0.143 e. The maximum atomic E-state index is 5.88. The largest absolute Gasteiger partial charge is 0.457 e. The highest BCUT2D eigenvalue weighted by Crippen LogP contribution is 2.41. The lowest BCUT2D eigenvalue weighted by Crippen LogP contribution is -1.96. The van der Waals surface area contributed by atoms with E-state index in [1.807, 2.05) is 60.7 Å². The molecule has 0 radical (unpaired) electrons. The van der Waals surface area contributed by atoms with Crippen LogP contribution in [0.25, 0.3) is 21.3 Å². The Bertz CT molecular complexity index is 1280. The van der Waals surface area contributed by atoms with Crippen molar-refractivity contribution in [2.24, 2.45) is 0 Å². The predicted molar refractivity (Wildman–Crippen MR) is 124 cm³/mol. The molecular formula is C25H19N3OS. The quantitative estimate of drug-likeness (QED) is 0.333. The zero-order chi connectivity index (χ0) is 20.3. The van der Waals surface area contributed by atoms with E-state index >= 15 is 0 Å². The number of nitrogens with one attached hydrogen (secondary N) is 1. The van der Waals surface area contributed by atoms with Crippen LogP contribution in [0.3, 0.4) is 0 Å². The molecule has 0 saturated carbocycles. The molecule has 0 saturated heterocycles. The van der Waals surface area contributed by atoms with E-state index in [1.54, 1.807) is 17.7 Å². The van der Waals surface area contributed by atoms with Crippen molar-refractivity contribution in [3.8, 4) is 22.6 Å². The van der Waals surface area contributed by atoms with Gasteiger partial charge in [0.1, 0.15) is 28.5 Å². The van der Waals surface area contributed by atoms with Crippen molar-refractivity contribution in [3.63, 3.8) is 0 Å². The number of anilines is 2. The molecule has 5 heteroatoms. The fourth-order valence-corrected chi connectivity index (χ4v) is 4.47. The summed E-state index contributed by atoms with van der Waals surface area (Å²) in [6.45, 7) is 2.13. The Morgan fingerprint density at radius 1 is 0.767 bits per heavy atom. The molecule has 0 amide bonds. The molecule has 5 aromatic rings. The molecule has 0 unspecified atom stereocenters. The normalized spacial score (nSPS) is 10.8. The van der Waals surface area contributed by atoms with E-state index in [4.69, 9.17) is 4.74 Å². The number of hydrogen-bond donors (Lipinski definition) is 1. The van der Waals surface area contributed by atoms with Crippen molar-refractivity contribution >= 4 is 33.1 Å². The highest BCUT2D eigenvalue weighted by atomic mass is 32.1. The first-order chi connectivity index (χ1) is 14.8. The molecule has 2 aromatic heterocycles. The Balaban J connectivity index is 1.47. The molecule has 4 nitrogen and oxygen atoms in total. The van der Waals surface area contributed by atoms with E-state index < -0.39 is 0 Å². The summed E-state index contributed by atoms with van der Waals surface area (Å²) in [5.74, 6) is 2.41. The molecule has 0 fully saturated rings. The van der Waals surface area contributed by atoms with Gasteiger partial charge >= 0.3 is 0 Å². The molecule has 0 spiro atoms. The van der Waals surface area contributed by atoms with Crippen LogP contribution in [0.5, 0.6) is 11.5 Å². The van der Waals surface area contributed by atoms with Crippen molar-refractivity contribution in [3.05, 3.63) is 96.1 Å². The highest BCUT2D eigenvalue weighted by Gasteiger charge is 2.16. The van der Waals surface area contributed by atoms with E-state index in [-0.39, 0.29) is 0 Å². The minimum atomic E-state index is 0.788. The van der Waals surface area contributed by atoms with E-state index in [1.165, 1.54) is 16.0 Å². The molecule has 1 N–H and O–H groups in total. The third-order valence-corrected chi connectivity index (χ3v) is 5.84. The molecule has 2 heterocycles. The van der Waals surface area contributed by atoms with Gasteiger partial charge in [0.2, 0.25) is 0 Å². The number of rotatable bonds is 5. The van der Waals surface area contributed by atoms with Gasteiger partial charge in [-0.3, -0.25) is 0 Å². The summed E-state index contributed by atoms with van der Waals surface area (Å²) in [6.07, 6.45) is 1.61. The number of nitrogens with zero attached hydrogens (tertiary/aromatic N) is 2. The second kappa shape index (κ2) is 7.97. The summed E-state index contributed by atoms with van der Waals surface area (Å²) in [5.41, 5.74) is 3.30. The third kappa shape index (κ3) is 3.63. The van der Waals surface area contributed by atoms with E-state index in [9.17, 15) is 0 Å². The van der Waals surface area contributed by atoms with Crippen LogP contribution in [0.4, 0.5) is 11.5 Å². The molecule has 0 aliphatic rings. The summed E-state index contributed by atoms with van der Waals surface area (Å²) >= 11 is 1.69. The predicted octanol–water partition coefficient (Wildman–Crippen LogP) is 7.20. The topological polar surface area (TPSA) is 47.0 Å². The first-order valence-corrected chi connectivity index (χ1v) is 10.5. The number of para-hydroxylation sites is 1. The van der Waals surface area contributed by atoms with Gasteiger partial charge < -0.3 is 10.1 Å². The van der Waals surface area contributed by atoms with Gasteiger partial charge in [-0.1, -0.05) is 48.5 Å². The zero-order valence-corrected chi connectivity index (χ0v) is 17.2. The van der Waals surface area contributed by atoms with Gasteiger partial charge in [0.25, 0.3) is 0 Å². The van der Waals surface area contributed by atoms with Gasteiger partial charge in [-0.05, 0) is 48.9 Å². The standard InChI is InChI=1S/C25H19N3OS/c1-17-22(18-8-4-2-5-9-18)23-24(26-16-27-25(23)30-17)28-19-12-14-21(15-13-19)29-20-10-6-3-7-11-20/h2-16H,1H3,(H,26,27,28). The number of benzene rings is 3. The number of aromatic nitrogens is 2. The second-order valence-electron chi connectivity index (χ2n) is 6.87. The van der Waals surface area contributed by atoms with Gasteiger partial charge in [0.15, 0.2) is 0 Å². The number of hydrogen-bond acceptors (Lipinski definition) is 5. The first kappa shape index (κ1) is 18.3. The highest BCUT2D eigenvalue weighted by molar-refractivity contribution is 7.19. The Morgan fingerprint density at radius 3 is 2.17 bits per heavy atom. The molecular weight excluding hydrogens is 390 g/mol. The second-order valence-corrected chi connectivity index (χ2v) is 8.07. The van der Waals surface area contributed by atoms with E-state index in [0.29, 0.717) is 0 Å². The van der Waals surface area contributed by atoms with E-state index in [0.717, 1.165) is 33.2 Å². The summed E-state index contributed by atoms with van der Waals surface area (Å²) in [5, 5.41) is 4.51. The van der Waals surface area contributed by atoms with Crippen molar-refractivity contribution in [2.45, 2.75) is 6.92 Å². The maximum absolute atomic E-state index is 5.88. The summed E-state index contributed by atoms with van der Waals surface area (Å²) in [6, 6.07) is 28.0. The molecule has 30 heavy (non-hydrogen) atoms. The van der Waals surface area contributed by atoms with Crippen LogP contribution in [-0.4, -0.2) is 9.97 Å². The maximum Gasteiger partial charge on any atom is 0.143 e. The van der Waals surface area contributed by atoms with Crippen molar-refractivity contribution in [1.82, 2.24) is 9.97 Å². The lowest BCUT2D eigenvalue weighted by molar-refractivity contribution is 0.483. The average Bonchev–Trinajstić information content (AvgIpc) is 3.13. The molecule has 3 aromatic carbocycles. The van der Waals surface area contributed by atoms with Crippen LogP contribution in [0.15, 0.2) is 91.3 Å². The minimum absolute atomic E-state index is 0.788. The fraction of sp³-hybridized carbons (Fsp3) is 0.0400. The summed E-state index contributed by atoms with van der Waals surface area (Å²) < 4.78 is 5.88. The van der Waals surface area contributed by atoms with Crippen LogP contribution < -0.4 is 10.1 Å². The number of aryl methyl sites for hydroxylation is 1. The molecule has 5 rings (SSSR count). The van der Waals surface area contributed by atoms with Crippen LogP contribution in [-0.2, 0) is 0 Å². The van der Waals surface area contributed by atoms with Gasteiger partial charge in [0.05, 0.1) is 5.39 Å². The summed E-state index contributed by atoms with van der Waals surface area (Å²) in [7, 11) is 0. The molecule has 0 atom stereocenters. The van der Waals surface area contributed by atoms with Gasteiger partial charge in [-0.2, -0.15) is 0 Å². The third-order valence-electron chi connectivity index (χ3n) is 4.82. The lowest BCUT2D eigenvalue weighted by atomic mass is 10.0. The zero-order valence-electron chi connectivity index (χ0n) is 16.4. The molecule has 0 aliphatic carbocycles. The van der Waals surface area contributed by atoms with Crippen molar-refractivity contribution in [1.29, 1.82) is 0 Å². The average molecular weight is 410 g/mol. The van der Waals surface area contributed by atoms with E-state index in [2.05, 4.69) is 46.5 Å². The Morgan fingerprint density at radius 2 is 1.43 bits per heavy atom. The van der Waals surface area contributed by atoms with Gasteiger partial charge in [0, 0.05) is 16.1 Å². The van der Waals surface area contributed by atoms with Crippen LogP contribution in [0, 0.1) is 6.92 Å². The van der Waals surface area contributed by atoms with Crippen LogP contribution in [0.2, 0.25) is 0 Å². The fourth-order valence-electron chi connectivity index (χ4n) is 3.46. The molecule has 0 aliphatic heterocycles. The molecule has 146 valence electrons. The van der Waals surface area contributed by atoms with Gasteiger partial charge in [-0.15, -0.1) is 11.3 Å². The summed E-state index contributed by atoms with van der Waals surface area (Å²) in [4.78, 5) is 11.3. The Labute approximate surface area is 178 Å². The van der Waals surface area contributed by atoms with Crippen molar-refractivity contribution < 1.29 is 4.74 Å². The number of fused-ring (bicyclic) bond motifs is 1. The van der Waals surface area contributed by atoms with Crippen molar-refractivity contribution in [2.75, 3.05) is 5.32 Å². The number of ether oxygens (including phenoxy) is 1. The molecule has 0 bridgehead atoms. The first-order valence-electron chi connectivity index (χ1n) is 9.67. The Hall–Kier alpha value is -3.70. The SMILES string of the molecule is Cc1sc2ncnc(Nc3ccc(Oc4ccccc4)cc3)c2c1-c1ccccc1. The Kier molecular flexibility index (Phi) is 4.87. The number of thiophene rings is 1. The van der Waals surface area contributed by atoms with Crippen LogP contribution >= 0.6 is 11.3 Å². The monoisotopic (exact) mass is 409 g/mol.